The molecule has 0 atom stereocenters. The van der Waals surface area contributed by atoms with E-state index in [1.807, 2.05) is 16.8 Å². The van der Waals surface area contributed by atoms with Gasteiger partial charge in [-0.05, 0) is 40.3 Å². The van der Waals surface area contributed by atoms with Gasteiger partial charge in [0.1, 0.15) is 0 Å². The van der Waals surface area contributed by atoms with Crippen LogP contribution >= 0.6 is 22.7 Å². The Kier molecular flexibility index (Phi) is 5.65. The average molecular weight is 323 g/mol. The van der Waals surface area contributed by atoms with Gasteiger partial charge in [-0.3, -0.25) is 19.7 Å². The summed E-state index contributed by atoms with van der Waals surface area (Å²) in [6.45, 7) is -0.445. The molecule has 0 aliphatic carbocycles. The molecule has 5 nitrogen and oxygen atoms in total. The second-order valence-corrected chi connectivity index (χ2v) is 5.87. The van der Waals surface area contributed by atoms with Crippen molar-refractivity contribution in [2.24, 2.45) is 0 Å². The van der Waals surface area contributed by atoms with Gasteiger partial charge < -0.3 is 4.74 Å². The Morgan fingerprint density at radius 3 is 2.71 bits per heavy atom. The van der Waals surface area contributed by atoms with E-state index in [1.54, 1.807) is 28.8 Å². The first kappa shape index (κ1) is 15.4. The number of imide groups is 1. The highest BCUT2D eigenvalue weighted by atomic mass is 32.1. The van der Waals surface area contributed by atoms with Gasteiger partial charge in [0, 0.05) is 6.42 Å². The normalized spacial score (nSPS) is 10.1. The SMILES string of the molecule is O=C(COC(=O)CCc1ccsc1)NC(=O)c1cccs1. The molecule has 0 saturated carbocycles. The lowest BCUT2D eigenvalue weighted by Gasteiger charge is -2.04. The Morgan fingerprint density at radius 2 is 2.05 bits per heavy atom. The first-order valence-electron chi connectivity index (χ1n) is 6.19. The van der Waals surface area contributed by atoms with Crippen molar-refractivity contribution in [1.29, 1.82) is 0 Å². The maximum Gasteiger partial charge on any atom is 0.306 e. The molecule has 0 radical (unpaired) electrons. The number of carbonyl (C=O) groups excluding carboxylic acids is 3. The summed E-state index contributed by atoms with van der Waals surface area (Å²) in [5, 5.41) is 7.80. The number of amides is 2. The lowest BCUT2D eigenvalue weighted by Crippen LogP contribution is -2.33. The second-order valence-electron chi connectivity index (χ2n) is 4.15. The molecular weight excluding hydrogens is 310 g/mol. The van der Waals surface area contributed by atoms with Gasteiger partial charge in [0.2, 0.25) is 0 Å². The monoisotopic (exact) mass is 323 g/mol. The van der Waals surface area contributed by atoms with Gasteiger partial charge in [0.25, 0.3) is 11.8 Å². The maximum atomic E-state index is 11.6. The van der Waals surface area contributed by atoms with Crippen molar-refractivity contribution in [2.75, 3.05) is 6.61 Å². The van der Waals surface area contributed by atoms with Crippen molar-refractivity contribution in [2.45, 2.75) is 12.8 Å². The van der Waals surface area contributed by atoms with Crippen LogP contribution in [0.15, 0.2) is 34.3 Å². The van der Waals surface area contributed by atoms with Crippen LogP contribution < -0.4 is 5.32 Å². The third-order valence-electron chi connectivity index (χ3n) is 2.56. The molecule has 2 aromatic heterocycles. The van der Waals surface area contributed by atoms with E-state index in [0.29, 0.717) is 11.3 Å². The summed E-state index contributed by atoms with van der Waals surface area (Å²) in [5.41, 5.74) is 1.06. The van der Waals surface area contributed by atoms with E-state index in [2.05, 4.69) is 5.32 Å². The second kappa shape index (κ2) is 7.70. The van der Waals surface area contributed by atoms with Crippen molar-refractivity contribution in [3.05, 3.63) is 44.8 Å². The highest BCUT2D eigenvalue weighted by Crippen LogP contribution is 2.09. The van der Waals surface area contributed by atoms with Gasteiger partial charge in [0.05, 0.1) is 4.88 Å². The van der Waals surface area contributed by atoms with Gasteiger partial charge >= 0.3 is 5.97 Å². The predicted molar refractivity (Wildman–Crippen MR) is 80.4 cm³/mol. The number of carbonyl (C=O) groups is 3. The van der Waals surface area contributed by atoms with E-state index in [-0.39, 0.29) is 6.42 Å². The molecule has 2 aromatic rings. The smallest absolute Gasteiger partial charge is 0.306 e. The van der Waals surface area contributed by atoms with Gasteiger partial charge in [-0.1, -0.05) is 6.07 Å². The van der Waals surface area contributed by atoms with E-state index in [4.69, 9.17) is 4.74 Å². The number of esters is 1. The van der Waals surface area contributed by atoms with Gasteiger partial charge in [-0.25, -0.2) is 0 Å². The Balaban J connectivity index is 1.66. The zero-order valence-corrected chi connectivity index (χ0v) is 12.7. The van der Waals surface area contributed by atoms with Gasteiger partial charge in [-0.15, -0.1) is 11.3 Å². The summed E-state index contributed by atoms with van der Waals surface area (Å²) in [6.07, 6.45) is 0.793. The molecule has 0 aromatic carbocycles. The molecule has 1 N–H and O–H groups in total. The molecule has 110 valence electrons. The van der Waals surface area contributed by atoms with Crippen LogP contribution in [0, 0.1) is 0 Å². The number of thiophene rings is 2. The van der Waals surface area contributed by atoms with Crippen molar-refractivity contribution < 1.29 is 19.1 Å². The van der Waals surface area contributed by atoms with E-state index in [0.717, 1.165) is 5.56 Å². The molecule has 2 rings (SSSR count). The Morgan fingerprint density at radius 1 is 1.19 bits per heavy atom. The number of rotatable bonds is 6. The number of ether oxygens (including phenoxy) is 1. The molecule has 7 heteroatoms. The standard InChI is InChI=1S/C14H13NO4S2/c16-12(15-14(18)11-2-1-6-21-11)8-19-13(17)4-3-10-5-7-20-9-10/h1-2,5-7,9H,3-4,8H2,(H,15,16,18). The molecule has 2 amide bonds. The van der Waals surface area contributed by atoms with E-state index < -0.39 is 24.4 Å². The zero-order valence-electron chi connectivity index (χ0n) is 11.0. The lowest BCUT2D eigenvalue weighted by molar-refractivity contribution is -0.148. The largest absolute Gasteiger partial charge is 0.456 e. The zero-order chi connectivity index (χ0) is 15.1. The fraction of sp³-hybridized carbons (Fsp3) is 0.214. The van der Waals surface area contributed by atoms with Crippen molar-refractivity contribution in [1.82, 2.24) is 5.32 Å². The van der Waals surface area contributed by atoms with Crippen LogP contribution in [0.2, 0.25) is 0 Å². The number of hydrogen-bond acceptors (Lipinski definition) is 6. The van der Waals surface area contributed by atoms with Crippen LogP contribution in [0.3, 0.4) is 0 Å². The van der Waals surface area contributed by atoms with Gasteiger partial charge in [-0.2, -0.15) is 11.3 Å². The van der Waals surface area contributed by atoms with Crippen LogP contribution in [0.25, 0.3) is 0 Å². The fourth-order valence-corrected chi connectivity index (χ4v) is 2.85. The van der Waals surface area contributed by atoms with Crippen LogP contribution in [-0.4, -0.2) is 24.4 Å². The minimum atomic E-state index is -0.628. The van der Waals surface area contributed by atoms with E-state index in [1.165, 1.54) is 11.3 Å². The molecule has 0 fully saturated rings. The maximum absolute atomic E-state index is 11.6. The fourth-order valence-electron chi connectivity index (χ4n) is 1.53. The molecule has 0 unspecified atom stereocenters. The first-order chi connectivity index (χ1) is 10.1. The minimum Gasteiger partial charge on any atom is -0.456 e. The van der Waals surface area contributed by atoms with Crippen LogP contribution in [-0.2, 0) is 20.7 Å². The average Bonchev–Trinajstić information content (AvgIpc) is 3.15. The van der Waals surface area contributed by atoms with Crippen molar-refractivity contribution in [3.8, 4) is 0 Å². The summed E-state index contributed by atoms with van der Waals surface area (Å²) in [4.78, 5) is 35.0. The quantitative estimate of drug-likeness (QED) is 0.828. The molecule has 21 heavy (non-hydrogen) atoms. The summed E-state index contributed by atoms with van der Waals surface area (Å²) in [7, 11) is 0. The number of nitrogens with one attached hydrogen (secondary N) is 1. The Hall–Kier alpha value is -1.99. The van der Waals surface area contributed by atoms with Crippen LogP contribution in [0.4, 0.5) is 0 Å². The van der Waals surface area contributed by atoms with Gasteiger partial charge in [0.15, 0.2) is 6.61 Å². The van der Waals surface area contributed by atoms with E-state index in [9.17, 15) is 14.4 Å². The topological polar surface area (TPSA) is 72.5 Å². The molecule has 0 spiro atoms. The van der Waals surface area contributed by atoms with Crippen molar-refractivity contribution in [3.63, 3.8) is 0 Å². The third-order valence-corrected chi connectivity index (χ3v) is 4.16. The molecule has 0 bridgehead atoms. The predicted octanol–water partition coefficient (Wildman–Crippen LogP) is 2.24. The highest BCUT2D eigenvalue weighted by molar-refractivity contribution is 7.12. The Labute approximate surface area is 129 Å². The summed E-state index contributed by atoms with van der Waals surface area (Å²) >= 11 is 2.80. The molecule has 2 heterocycles. The summed E-state index contributed by atoms with van der Waals surface area (Å²) in [6, 6.07) is 5.26. The number of aryl methyl sites for hydroxylation is 1. The molecule has 0 saturated heterocycles. The Bertz CT molecular complexity index is 605. The highest BCUT2D eigenvalue weighted by Gasteiger charge is 2.13. The third kappa shape index (κ3) is 5.13. The summed E-state index contributed by atoms with van der Waals surface area (Å²) < 4.78 is 4.82. The molecular formula is C14H13NO4S2. The minimum absolute atomic E-state index is 0.211. The van der Waals surface area contributed by atoms with E-state index >= 15 is 0 Å². The van der Waals surface area contributed by atoms with Crippen LogP contribution in [0.1, 0.15) is 21.7 Å². The molecule has 0 aliphatic heterocycles. The molecule has 0 aliphatic rings. The summed E-state index contributed by atoms with van der Waals surface area (Å²) in [5.74, 6) is -1.57. The van der Waals surface area contributed by atoms with Crippen molar-refractivity contribution >= 4 is 40.5 Å². The number of hydrogen-bond donors (Lipinski definition) is 1. The van der Waals surface area contributed by atoms with Crippen LogP contribution in [0.5, 0.6) is 0 Å². The lowest BCUT2D eigenvalue weighted by atomic mass is 10.2. The first-order valence-corrected chi connectivity index (χ1v) is 8.02.